The monoisotopic (exact) mass is 249 g/mol. The van der Waals surface area contributed by atoms with Gasteiger partial charge < -0.3 is 10.3 Å². The van der Waals surface area contributed by atoms with Gasteiger partial charge in [0.2, 0.25) is 5.89 Å². The van der Waals surface area contributed by atoms with Crippen LogP contribution in [0.2, 0.25) is 0 Å². The summed E-state index contributed by atoms with van der Waals surface area (Å²) in [5.74, 6) is 0.888. The number of halogens is 1. The lowest BCUT2D eigenvalue weighted by molar-refractivity contribution is 0.359. The number of hydrogen-bond donors (Lipinski definition) is 1. The fourth-order valence-electron chi connectivity index (χ4n) is 1.62. The van der Waals surface area contributed by atoms with Crippen LogP contribution in [-0.4, -0.2) is 10.1 Å². The first-order chi connectivity index (χ1) is 8.49. The average molecular weight is 249 g/mol. The lowest BCUT2D eigenvalue weighted by Crippen LogP contribution is -2.14. The van der Waals surface area contributed by atoms with Crippen LogP contribution in [0.25, 0.3) is 0 Å². The maximum Gasteiger partial charge on any atom is 0.229 e. The molecule has 0 aliphatic rings. The van der Waals surface area contributed by atoms with Crippen molar-refractivity contribution in [2.75, 3.05) is 0 Å². The lowest BCUT2D eigenvalue weighted by Gasteiger charge is -2.08. The van der Waals surface area contributed by atoms with E-state index in [9.17, 15) is 4.39 Å². The van der Waals surface area contributed by atoms with E-state index in [1.807, 2.05) is 13.8 Å². The van der Waals surface area contributed by atoms with E-state index in [-0.39, 0.29) is 11.7 Å². The van der Waals surface area contributed by atoms with Crippen LogP contribution in [0.4, 0.5) is 4.39 Å². The molecule has 4 nitrogen and oxygen atoms in total. The minimum atomic E-state index is -0.499. The third-order valence-electron chi connectivity index (χ3n) is 2.77. The SMILES string of the molecule is Cc1cc(C(N)c2noc(C(C)C)n2)ccc1F. The van der Waals surface area contributed by atoms with Crippen molar-refractivity contribution in [3.63, 3.8) is 0 Å². The molecule has 0 bridgehead atoms. The number of benzene rings is 1. The first-order valence-electron chi connectivity index (χ1n) is 5.84. The number of rotatable bonds is 3. The van der Waals surface area contributed by atoms with Gasteiger partial charge in [0.1, 0.15) is 5.82 Å². The maximum absolute atomic E-state index is 13.2. The molecule has 1 heterocycles. The Morgan fingerprint density at radius 2 is 2.06 bits per heavy atom. The summed E-state index contributed by atoms with van der Waals surface area (Å²) in [7, 11) is 0. The van der Waals surface area contributed by atoms with E-state index >= 15 is 0 Å². The van der Waals surface area contributed by atoms with Crippen molar-refractivity contribution < 1.29 is 8.91 Å². The summed E-state index contributed by atoms with van der Waals surface area (Å²) >= 11 is 0. The third kappa shape index (κ3) is 2.41. The molecule has 0 saturated carbocycles. The molecule has 2 N–H and O–H groups in total. The molecule has 0 spiro atoms. The van der Waals surface area contributed by atoms with Gasteiger partial charge in [-0.25, -0.2) is 4.39 Å². The van der Waals surface area contributed by atoms with Crippen LogP contribution in [0.1, 0.15) is 48.6 Å². The number of nitrogens with two attached hydrogens (primary N) is 1. The molecule has 1 aromatic heterocycles. The predicted octanol–water partition coefficient (Wildman–Crippen LogP) is 2.69. The first-order valence-corrected chi connectivity index (χ1v) is 5.84. The maximum atomic E-state index is 13.2. The van der Waals surface area contributed by atoms with Gasteiger partial charge in [-0.15, -0.1) is 0 Å². The zero-order valence-electron chi connectivity index (χ0n) is 10.6. The molecule has 0 saturated heterocycles. The van der Waals surface area contributed by atoms with Crippen LogP contribution in [0.15, 0.2) is 22.7 Å². The van der Waals surface area contributed by atoms with Crippen molar-refractivity contribution >= 4 is 0 Å². The van der Waals surface area contributed by atoms with Gasteiger partial charge in [-0.1, -0.05) is 31.1 Å². The summed E-state index contributed by atoms with van der Waals surface area (Å²) in [4.78, 5) is 4.24. The van der Waals surface area contributed by atoms with E-state index < -0.39 is 6.04 Å². The van der Waals surface area contributed by atoms with Crippen LogP contribution in [0.3, 0.4) is 0 Å². The van der Waals surface area contributed by atoms with Gasteiger partial charge in [-0.2, -0.15) is 4.98 Å². The third-order valence-corrected chi connectivity index (χ3v) is 2.77. The molecule has 96 valence electrons. The van der Waals surface area contributed by atoms with Crippen molar-refractivity contribution in [2.24, 2.45) is 5.73 Å². The average Bonchev–Trinajstić information content (AvgIpc) is 2.81. The van der Waals surface area contributed by atoms with Crippen molar-refractivity contribution in [1.29, 1.82) is 0 Å². The topological polar surface area (TPSA) is 64.9 Å². The van der Waals surface area contributed by atoms with E-state index in [0.29, 0.717) is 17.3 Å². The molecular formula is C13H16FN3O. The Hall–Kier alpha value is -1.75. The van der Waals surface area contributed by atoms with E-state index in [2.05, 4.69) is 10.1 Å². The van der Waals surface area contributed by atoms with Crippen molar-refractivity contribution in [3.05, 3.63) is 46.9 Å². The molecule has 0 radical (unpaired) electrons. The van der Waals surface area contributed by atoms with Crippen LogP contribution >= 0.6 is 0 Å². The Kier molecular flexibility index (Phi) is 3.43. The van der Waals surface area contributed by atoms with E-state index in [1.54, 1.807) is 19.1 Å². The zero-order chi connectivity index (χ0) is 13.3. The van der Waals surface area contributed by atoms with Gasteiger partial charge in [0, 0.05) is 5.92 Å². The highest BCUT2D eigenvalue weighted by Crippen LogP contribution is 2.21. The summed E-state index contributed by atoms with van der Waals surface area (Å²) in [6.45, 7) is 5.62. The van der Waals surface area contributed by atoms with Crippen LogP contribution < -0.4 is 5.73 Å². The number of aryl methyl sites for hydroxylation is 1. The fraction of sp³-hybridized carbons (Fsp3) is 0.385. The fourth-order valence-corrected chi connectivity index (χ4v) is 1.62. The van der Waals surface area contributed by atoms with Gasteiger partial charge >= 0.3 is 0 Å². The largest absolute Gasteiger partial charge is 0.339 e. The van der Waals surface area contributed by atoms with Gasteiger partial charge in [-0.3, -0.25) is 0 Å². The molecule has 2 rings (SSSR count). The van der Waals surface area contributed by atoms with Crippen molar-refractivity contribution in [2.45, 2.75) is 32.7 Å². The summed E-state index contributed by atoms with van der Waals surface area (Å²) in [6, 6.07) is 4.23. The normalized spacial score (nSPS) is 13.0. The highest BCUT2D eigenvalue weighted by Gasteiger charge is 2.18. The Balaban J connectivity index is 2.29. The van der Waals surface area contributed by atoms with Gasteiger partial charge in [0.25, 0.3) is 0 Å². The Morgan fingerprint density at radius 3 is 2.61 bits per heavy atom. The molecule has 1 atom stereocenters. The molecule has 1 aromatic carbocycles. The molecule has 2 aromatic rings. The van der Waals surface area contributed by atoms with Crippen LogP contribution in [0, 0.1) is 12.7 Å². The molecule has 0 aliphatic carbocycles. The molecule has 0 amide bonds. The molecule has 5 heteroatoms. The summed E-state index contributed by atoms with van der Waals surface area (Å²) in [5.41, 5.74) is 7.36. The summed E-state index contributed by atoms with van der Waals surface area (Å²) < 4.78 is 18.3. The smallest absolute Gasteiger partial charge is 0.229 e. The van der Waals surface area contributed by atoms with Crippen LogP contribution in [0.5, 0.6) is 0 Å². The lowest BCUT2D eigenvalue weighted by atomic mass is 10.0. The zero-order valence-corrected chi connectivity index (χ0v) is 10.6. The number of nitrogens with zero attached hydrogens (tertiary/aromatic N) is 2. The van der Waals surface area contributed by atoms with Crippen molar-refractivity contribution in [1.82, 2.24) is 10.1 Å². The highest BCUT2D eigenvalue weighted by atomic mass is 19.1. The van der Waals surface area contributed by atoms with Crippen LogP contribution in [-0.2, 0) is 0 Å². The minimum Gasteiger partial charge on any atom is -0.339 e. The molecule has 18 heavy (non-hydrogen) atoms. The standard InChI is InChI=1S/C13H16FN3O/c1-7(2)13-16-12(17-18-13)11(15)9-4-5-10(14)8(3)6-9/h4-7,11H,15H2,1-3H3. The second-order valence-corrected chi connectivity index (χ2v) is 4.63. The van der Waals surface area contributed by atoms with Gasteiger partial charge in [0.05, 0.1) is 6.04 Å². The van der Waals surface area contributed by atoms with E-state index in [4.69, 9.17) is 10.3 Å². The molecule has 0 fully saturated rings. The van der Waals surface area contributed by atoms with E-state index in [0.717, 1.165) is 5.56 Å². The molecular weight excluding hydrogens is 233 g/mol. The van der Waals surface area contributed by atoms with Crippen molar-refractivity contribution in [3.8, 4) is 0 Å². The summed E-state index contributed by atoms with van der Waals surface area (Å²) in [6.07, 6.45) is 0. The Bertz CT molecular complexity index is 551. The second kappa shape index (κ2) is 4.86. The Labute approximate surface area is 105 Å². The summed E-state index contributed by atoms with van der Waals surface area (Å²) in [5, 5.41) is 3.86. The molecule has 1 unspecified atom stereocenters. The number of hydrogen-bond acceptors (Lipinski definition) is 4. The van der Waals surface area contributed by atoms with Gasteiger partial charge in [-0.05, 0) is 24.1 Å². The predicted molar refractivity (Wildman–Crippen MR) is 65.6 cm³/mol. The number of aromatic nitrogens is 2. The Morgan fingerprint density at radius 1 is 1.33 bits per heavy atom. The first kappa shape index (κ1) is 12.7. The van der Waals surface area contributed by atoms with Gasteiger partial charge in [0.15, 0.2) is 5.82 Å². The minimum absolute atomic E-state index is 0.161. The molecule has 0 aliphatic heterocycles. The second-order valence-electron chi connectivity index (χ2n) is 4.63. The van der Waals surface area contributed by atoms with E-state index in [1.165, 1.54) is 6.07 Å². The quantitative estimate of drug-likeness (QED) is 0.908. The highest BCUT2D eigenvalue weighted by molar-refractivity contribution is 5.29.